The van der Waals surface area contributed by atoms with Crippen LogP contribution < -0.4 is 5.48 Å². The van der Waals surface area contributed by atoms with E-state index >= 15 is 0 Å². The Morgan fingerprint density at radius 1 is 1.22 bits per heavy atom. The number of ether oxygens (including phenoxy) is 3. The van der Waals surface area contributed by atoms with Crippen molar-refractivity contribution in [3.05, 3.63) is 35.9 Å². The third kappa shape index (κ3) is 5.62. The monoisotopic (exact) mass is 255 g/mol. The molecule has 18 heavy (non-hydrogen) atoms. The zero-order chi connectivity index (χ0) is 13.2. The molecule has 6 nitrogen and oxygen atoms in total. The van der Waals surface area contributed by atoms with Crippen LogP contribution in [0, 0.1) is 0 Å². The number of hydrogen-bond donors (Lipinski definition) is 1. The summed E-state index contributed by atoms with van der Waals surface area (Å²) in [5, 5.41) is 0. The third-order valence-electron chi connectivity index (χ3n) is 2.11. The van der Waals surface area contributed by atoms with Crippen molar-refractivity contribution in [1.82, 2.24) is 5.48 Å². The SMILES string of the molecule is COC(CONC(=O)OCc1ccccc1)OC. The molecule has 0 unspecified atom stereocenters. The van der Waals surface area contributed by atoms with Gasteiger partial charge in [0, 0.05) is 14.2 Å². The smallest absolute Gasteiger partial charge is 0.431 e. The van der Waals surface area contributed by atoms with Crippen molar-refractivity contribution < 1.29 is 23.8 Å². The van der Waals surface area contributed by atoms with E-state index in [-0.39, 0.29) is 13.2 Å². The zero-order valence-corrected chi connectivity index (χ0v) is 10.4. The zero-order valence-electron chi connectivity index (χ0n) is 10.4. The summed E-state index contributed by atoms with van der Waals surface area (Å²) in [6, 6.07) is 9.35. The van der Waals surface area contributed by atoms with Crippen molar-refractivity contribution in [1.29, 1.82) is 0 Å². The first-order valence-electron chi connectivity index (χ1n) is 5.40. The fourth-order valence-corrected chi connectivity index (χ4v) is 1.15. The molecule has 0 heterocycles. The van der Waals surface area contributed by atoms with Crippen LogP contribution in [0.4, 0.5) is 4.79 Å². The number of nitrogens with one attached hydrogen (secondary N) is 1. The Hall–Kier alpha value is -1.63. The van der Waals surface area contributed by atoms with Gasteiger partial charge in [0.05, 0.1) is 0 Å². The fraction of sp³-hybridized carbons (Fsp3) is 0.417. The molecule has 0 saturated heterocycles. The largest absolute Gasteiger partial charge is 0.443 e. The Balaban J connectivity index is 2.14. The number of benzene rings is 1. The Kier molecular flexibility index (Phi) is 6.78. The van der Waals surface area contributed by atoms with E-state index in [4.69, 9.17) is 19.0 Å². The molecule has 0 saturated carbocycles. The van der Waals surface area contributed by atoms with Gasteiger partial charge < -0.3 is 14.2 Å². The second kappa shape index (κ2) is 8.46. The minimum Gasteiger partial charge on any atom is -0.443 e. The van der Waals surface area contributed by atoms with E-state index in [0.717, 1.165) is 5.56 Å². The number of hydroxylamine groups is 1. The first-order chi connectivity index (χ1) is 8.76. The van der Waals surface area contributed by atoms with Crippen LogP contribution in [0.1, 0.15) is 5.56 Å². The van der Waals surface area contributed by atoms with Gasteiger partial charge >= 0.3 is 6.09 Å². The number of hydrogen-bond acceptors (Lipinski definition) is 5. The summed E-state index contributed by atoms with van der Waals surface area (Å²) in [6.07, 6.45) is -1.19. The lowest BCUT2D eigenvalue weighted by atomic mass is 10.2. The maximum Gasteiger partial charge on any atom is 0.431 e. The molecule has 1 amide bonds. The van der Waals surface area contributed by atoms with Gasteiger partial charge in [0.1, 0.15) is 13.2 Å². The molecule has 0 fully saturated rings. The molecule has 0 aliphatic carbocycles. The van der Waals surface area contributed by atoms with Gasteiger partial charge in [0.15, 0.2) is 6.29 Å². The molecule has 1 rings (SSSR count). The van der Waals surface area contributed by atoms with Gasteiger partial charge in [0.25, 0.3) is 0 Å². The first kappa shape index (κ1) is 14.4. The summed E-state index contributed by atoms with van der Waals surface area (Å²) in [5.74, 6) is 0. The summed E-state index contributed by atoms with van der Waals surface area (Å²) < 4.78 is 14.7. The minimum absolute atomic E-state index is 0.0768. The molecule has 0 atom stereocenters. The molecular weight excluding hydrogens is 238 g/mol. The van der Waals surface area contributed by atoms with Crippen molar-refractivity contribution >= 4 is 6.09 Å². The lowest BCUT2D eigenvalue weighted by Gasteiger charge is -2.13. The highest BCUT2D eigenvalue weighted by atomic mass is 16.7. The average molecular weight is 255 g/mol. The van der Waals surface area contributed by atoms with E-state index in [9.17, 15) is 4.79 Å². The highest BCUT2D eigenvalue weighted by Gasteiger charge is 2.07. The number of carbonyl (C=O) groups is 1. The number of methoxy groups -OCH3 is 2. The first-order valence-corrected chi connectivity index (χ1v) is 5.40. The molecule has 0 spiro atoms. The number of rotatable bonds is 7. The molecular formula is C12H17NO5. The van der Waals surface area contributed by atoms with Crippen LogP contribution in [0.2, 0.25) is 0 Å². The summed E-state index contributed by atoms with van der Waals surface area (Å²) in [5.41, 5.74) is 3.03. The van der Waals surface area contributed by atoms with Crippen molar-refractivity contribution in [3.63, 3.8) is 0 Å². The van der Waals surface area contributed by atoms with E-state index in [2.05, 4.69) is 5.48 Å². The van der Waals surface area contributed by atoms with Crippen LogP contribution in [0.15, 0.2) is 30.3 Å². The Labute approximate surface area is 106 Å². The standard InChI is InChI=1S/C12H17NO5/c1-15-11(16-2)9-18-13-12(14)17-8-10-6-4-3-5-7-10/h3-7,11H,8-9H2,1-2H3,(H,13,14). The quantitative estimate of drug-likeness (QED) is 0.590. The van der Waals surface area contributed by atoms with Gasteiger partial charge in [-0.25, -0.2) is 4.79 Å². The van der Waals surface area contributed by atoms with Crippen LogP contribution in [0.25, 0.3) is 0 Å². The average Bonchev–Trinajstić information content (AvgIpc) is 2.42. The summed E-state index contributed by atoms with van der Waals surface area (Å²) in [6.45, 7) is 0.265. The van der Waals surface area contributed by atoms with Crippen molar-refractivity contribution in [2.45, 2.75) is 12.9 Å². The van der Waals surface area contributed by atoms with Gasteiger partial charge in [-0.05, 0) is 5.56 Å². The molecule has 0 aromatic heterocycles. The maximum atomic E-state index is 11.2. The van der Waals surface area contributed by atoms with E-state index in [0.29, 0.717) is 0 Å². The van der Waals surface area contributed by atoms with E-state index in [1.54, 1.807) is 0 Å². The van der Waals surface area contributed by atoms with Crippen LogP contribution in [-0.2, 0) is 25.7 Å². The van der Waals surface area contributed by atoms with Crippen LogP contribution >= 0.6 is 0 Å². The van der Waals surface area contributed by atoms with Crippen LogP contribution in [0.5, 0.6) is 0 Å². The van der Waals surface area contributed by atoms with Crippen LogP contribution in [-0.4, -0.2) is 33.2 Å². The van der Waals surface area contributed by atoms with Gasteiger partial charge in [-0.2, -0.15) is 5.48 Å². The number of carbonyl (C=O) groups excluding carboxylic acids is 1. The van der Waals surface area contributed by atoms with Gasteiger partial charge in [-0.1, -0.05) is 30.3 Å². The van der Waals surface area contributed by atoms with Gasteiger partial charge in [-0.15, -0.1) is 0 Å². The second-order valence-corrected chi connectivity index (χ2v) is 3.38. The normalized spacial score (nSPS) is 10.4. The Morgan fingerprint density at radius 3 is 2.50 bits per heavy atom. The molecule has 0 bridgehead atoms. The molecule has 1 N–H and O–H groups in total. The van der Waals surface area contributed by atoms with Crippen molar-refractivity contribution in [2.75, 3.05) is 20.8 Å². The molecule has 1 aromatic rings. The van der Waals surface area contributed by atoms with Gasteiger partial charge in [-0.3, -0.25) is 4.84 Å². The minimum atomic E-state index is -0.662. The lowest BCUT2D eigenvalue weighted by molar-refractivity contribution is -0.152. The molecule has 0 radical (unpaired) electrons. The highest BCUT2D eigenvalue weighted by molar-refractivity contribution is 5.65. The molecule has 100 valence electrons. The van der Waals surface area contributed by atoms with Crippen molar-refractivity contribution in [3.8, 4) is 0 Å². The highest BCUT2D eigenvalue weighted by Crippen LogP contribution is 2.00. The number of amides is 1. The van der Waals surface area contributed by atoms with E-state index in [1.807, 2.05) is 30.3 Å². The Morgan fingerprint density at radius 2 is 1.89 bits per heavy atom. The predicted molar refractivity (Wildman–Crippen MR) is 63.5 cm³/mol. The van der Waals surface area contributed by atoms with E-state index < -0.39 is 12.4 Å². The predicted octanol–water partition coefficient (Wildman–Crippen LogP) is 1.46. The molecule has 6 heteroatoms. The summed E-state index contributed by atoms with van der Waals surface area (Å²) in [7, 11) is 2.95. The summed E-state index contributed by atoms with van der Waals surface area (Å²) >= 11 is 0. The van der Waals surface area contributed by atoms with Gasteiger partial charge in [0.2, 0.25) is 0 Å². The summed E-state index contributed by atoms with van der Waals surface area (Å²) in [4.78, 5) is 16.1. The third-order valence-corrected chi connectivity index (χ3v) is 2.11. The molecule has 0 aliphatic rings. The molecule has 1 aromatic carbocycles. The molecule has 0 aliphatic heterocycles. The maximum absolute atomic E-state index is 11.2. The second-order valence-electron chi connectivity index (χ2n) is 3.38. The Bertz CT molecular complexity index is 340. The topological polar surface area (TPSA) is 66.0 Å². The van der Waals surface area contributed by atoms with E-state index in [1.165, 1.54) is 14.2 Å². The van der Waals surface area contributed by atoms with Crippen molar-refractivity contribution in [2.24, 2.45) is 0 Å². The van der Waals surface area contributed by atoms with Crippen LogP contribution in [0.3, 0.4) is 0 Å². The fourth-order valence-electron chi connectivity index (χ4n) is 1.15. The lowest BCUT2D eigenvalue weighted by Crippen LogP contribution is -2.30.